The van der Waals surface area contributed by atoms with Crippen LogP contribution in [0.15, 0.2) is 33.8 Å². The smallest absolute Gasteiger partial charge is 0.246 e. The molecule has 0 saturated heterocycles. The van der Waals surface area contributed by atoms with E-state index >= 15 is 0 Å². The molecule has 0 unspecified atom stereocenters. The number of fused-ring (bicyclic) bond motifs is 1. The molecule has 1 aromatic carbocycles. The van der Waals surface area contributed by atoms with E-state index < -0.39 is 0 Å². The van der Waals surface area contributed by atoms with Gasteiger partial charge in [0.15, 0.2) is 0 Å². The molecule has 0 spiro atoms. The third kappa shape index (κ3) is 3.10. The van der Waals surface area contributed by atoms with E-state index in [4.69, 9.17) is 0 Å². The van der Waals surface area contributed by atoms with Gasteiger partial charge in [0, 0.05) is 4.47 Å². The standard InChI is InChI=1S/C19H23BrN2O/c20-17-5-3-13(4-6-17)12-21-22-18(23)19-9-14-1-2-15(10-19)8-16(7-14)11-19/h3-6,12,14-16H,1-2,7-11H2,(H,22,23)/b21-12-/t14-,15-,16?,19?/m1/s1. The summed E-state index contributed by atoms with van der Waals surface area (Å²) in [6.45, 7) is 0. The van der Waals surface area contributed by atoms with E-state index in [0.29, 0.717) is 0 Å². The maximum atomic E-state index is 12.9. The highest BCUT2D eigenvalue weighted by molar-refractivity contribution is 9.10. The second kappa shape index (κ2) is 6.04. The van der Waals surface area contributed by atoms with Crippen molar-refractivity contribution in [1.29, 1.82) is 0 Å². The molecule has 4 bridgehead atoms. The summed E-state index contributed by atoms with van der Waals surface area (Å²) < 4.78 is 1.04. The Hall–Kier alpha value is -1.16. The lowest BCUT2D eigenvalue weighted by atomic mass is 9.58. The number of nitrogens with one attached hydrogen (secondary N) is 1. The molecule has 0 heterocycles. The third-order valence-corrected chi connectivity index (χ3v) is 6.61. The third-order valence-electron chi connectivity index (χ3n) is 6.09. The van der Waals surface area contributed by atoms with Crippen LogP contribution in [0.5, 0.6) is 0 Å². The van der Waals surface area contributed by atoms with Crippen molar-refractivity contribution in [2.24, 2.45) is 28.3 Å². The van der Waals surface area contributed by atoms with E-state index in [-0.39, 0.29) is 11.3 Å². The molecular weight excluding hydrogens is 352 g/mol. The van der Waals surface area contributed by atoms with Crippen molar-refractivity contribution in [1.82, 2.24) is 5.43 Å². The van der Waals surface area contributed by atoms with Gasteiger partial charge in [-0.3, -0.25) is 4.79 Å². The molecule has 23 heavy (non-hydrogen) atoms. The van der Waals surface area contributed by atoms with Crippen molar-refractivity contribution >= 4 is 28.1 Å². The molecule has 4 heteroatoms. The van der Waals surface area contributed by atoms with Gasteiger partial charge in [-0.25, -0.2) is 5.43 Å². The zero-order valence-corrected chi connectivity index (χ0v) is 14.9. The maximum absolute atomic E-state index is 12.9. The maximum Gasteiger partial charge on any atom is 0.246 e. The van der Waals surface area contributed by atoms with E-state index in [1.165, 1.54) is 25.7 Å². The number of amides is 1. The van der Waals surface area contributed by atoms with Gasteiger partial charge in [-0.2, -0.15) is 5.10 Å². The van der Waals surface area contributed by atoms with E-state index in [1.807, 2.05) is 24.3 Å². The number of halogens is 1. The summed E-state index contributed by atoms with van der Waals surface area (Å²) in [6.07, 6.45) is 10.4. The molecule has 5 rings (SSSR count). The van der Waals surface area contributed by atoms with Crippen LogP contribution in [0.4, 0.5) is 0 Å². The molecule has 1 aromatic rings. The second-order valence-electron chi connectivity index (χ2n) is 7.79. The quantitative estimate of drug-likeness (QED) is 0.613. The van der Waals surface area contributed by atoms with Crippen LogP contribution in [0, 0.1) is 23.2 Å². The van der Waals surface area contributed by atoms with Crippen LogP contribution in [0.3, 0.4) is 0 Å². The van der Waals surface area contributed by atoms with Crippen LogP contribution in [-0.2, 0) is 4.79 Å². The van der Waals surface area contributed by atoms with Crippen LogP contribution < -0.4 is 5.43 Å². The Bertz CT molecular complexity index is 609. The van der Waals surface area contributed by atoms with Crippen LogP contribution >= 0.6 is 15.9 Å². The number of nitrogens with zero attached hydrogens (tertiary/aromatic N) is 1. The van der Waals surface area contributed by atoms with Crippen LogP contribution in [-0.4, -0.2) is 12.1 Å². The summed E-state index contributed by atoms with van der Waals surface area (Å²) >= 11 is 3.42. The number of carbonyl (C=O) groups excluding carboxylic acids is 1. The average Bonchev–Trinajstić information content (AvgIpc) is 2.75. The van der Waals surface area contributed by atoms with E-state index in [0.717, 1.165) is 47.1 Å². The Labute approximate surface area is 146 Å². The highest BCUT2D eigenvalue weighted by Crippen LogP contribution is 2.57. The summed E-state index contributed by atoms with van der Waals surface area (Å²) in [5.41, 5.74) is 3.71. The van der Waals surface area contributed by atoms with Crippen LogP contribution in [0.25, 0.3) is 0 Å². The number of hydrogen-bond donors (Lipinski definition) is 1. The normalized spacial score (nSPS) is 35.4. The first kappa shape index (κ1) is 15.4. The predicted octanol–water partition coefficient (Wildman–Crippen LogP) is 4.51. The number of hydrogen-bond acceptors (Lipinski definition) is 2. The van der Waals surface area contributed by atoms with Crippen molar-refractivity contribution in [2.75, 3.05) is 0 Å². The zero-order valence-electron chi connectivity index (χ0n) is 13.3. The number of rotatable bonds is 3. The molecule has 4 saturated carbocycles. The molecule has 0 radical (unpaired) electrons. The lowest BCUT2D eigenvalue weighted by molar-refractivity contribution is -0.138. The minimum atomic E-state index is -0.135. The summed E-state index contributed by atoms with van der Waals surface area (Å²) in [6, 6.07) is 7.92. The van der Waals surface area contributed by atoms with Gasteiger partial charge in [-0.1, -0.05) is 40.9 Å². The molecule has 1 amide bonds. The molecule has 122 valence electrons. The number of hydrazone groups is 1. The van der Waals surface area contributed by atoms with Gasteiger partial charge < -0.3 is 0 Å². The second-order valence-corrected chi connectivity index (χ2v) is 8.71. The summed E-state index contributed by atoms with van der Waals surface area (Å²) in [4.78, 5) is 12.9. The van der Waals surface area contributed by atoms with Gasteiger partial charge in [-0.15, -0.1) is 0 Å². The van der Waals surface area contributed by atoms with Gasteiger partial charge in [0.2, 0.25) is 5.91 Å². The molecule has 0 aliphatic heterocycles. The molecule has 4 aliphatic rings. The lowest BCUT2D eigenvalue weighted by Crippen LogP contribution is -2.47. The lowest BCUT2D eigenvalue weighted by Gasteiger charge is -2.46. The van der Waals surface area contributed by atoms with Crippen molar-refractivity contribution in [3.63, 3.8) is 0 Å². The highest BCUT2D eigenvalue weighted by atomic mass is 79.9. The minimum Gasteiger partial charge on any atom is -0.273 e. The van der Waals surface area contributed by atoms with Crippen molar-refractivity contribution in [3.8, 4) is 0 Å². The number of benzene rings is 1. The SMILES string of the molecule is O=C(N/N=C\c1ccc(Br)cc1)C12CC3C[C@@H](CC[C@H](C3)C1)C2. The van der Waals surface area contributed by atoms with Gasteiger partial charge in [-0.05, 0) is 67.6 Å². The summed E-state index contributed by atoms with van der Waals surface area (Å²) in [5.74, 6) is 2.47. The largest absolute Gasteiger partial charge is 0.273 e. The molecule has 1 N–H and O–H groups in total. The number of carbonyl (C=O) groups is 1. The molecule has 3 nitrogen and oxygen atoms in total. The Balaban J connectivity index is 1.45. The first-order valence-corrected chi connectivity index (χ1v) is 9.51. The fourth-order valence-electron chi connectivity index (χ4n) is 5.30. The Morgan fingerprint density at radius 3 is 2.35 bits per heavy atom. The fraction of sp³-hybridized carbons (Fsp3) is 0.579. The Kier molecular flexibility index (Phi) is 4.04. The molecule has 4 aliphatic carbocycles. The van der Waals surface area contributed by atoms with E-state index in [2.05, 4.69) is 26.5 Å². The monoisotopic (exact) mass is 374 g/mol. The van der Waals surface area contributed by atoms with Crippen LogP contribution in [0.1, 0.15) is 50.5 Å². The van der Waals surface area contributed by atoms with E-state index in [1.54, 1.807) is 6.21 Å². The first-order chi connectivity index (χ1) is 11.1. The van der Waals surface area contributed by atoms with Crippen molar-refractivity contribution in [2.45, 2.75) is 44.9 Å². The van der Waals surface area contributed by atoms with Crippen molar-refractivity contribution < 1.29 is 4.79 Å². The Morgan fingerprint density at radius 2 is 1.70 bits per heavy atom. The van der Waals surface area contributed by atoms with Gasteiger partial charge in [0.25, 0.3) is 0 Å². The predicted molar refractivity (Wildman–Crippen MR) is 95.1 cm³/mol. The molecule has 0 aromatic heterocycles. The van der Waals surface area contributed by atoms with Gasteiger partial charge in [0.1, 0.15) is 0 Å². The molecular formula is C19H23BrN2O. The van der Waals surface area contributed by atoms with Crippen molar-refractivity contribution in [3.05, 3.63) is 34.3 Å². The van der Waals surface area contributed by atoms with Crippen LogP contribution in [0.2, 0.25) is 0 Å². The highest BCUT2D eigenvalue weighted by Gasteiger charge is 2.52. The first-order valence-electron chi connectivity index (χ1n) is 8.72. The minimum absolute atomic E-state index is 0.135. The Morgan fingerprint density at radius 1 is 1.09 bits per heavy atom. The van der Waals surface area contributed by atoms with Gasteiger partial charge in [0.05, 0.1) is 11.6 Å². The fourth-order valence-corrected chi connectivity index (χ4v) is 5.57. The average molecular weight is 375 g/mol. The summed E-state index contributed by atoms with van der Waals surface area (Å²) in [7, 11) is 0. The molecule has 4 fully saturated rings. The molecule has 2 atom stereocenters. The topological polar surface area (TPSA) is 41.5 Å². The van der Waals surface area contributed by atoms with E-state index in [9.17, 15) is 4.79 Å². The van der Waals surface area contributed by atoms with Gasteiger partial charge >= 0.3 is 0 Å². The summed E-state index contributed by atoms with van der Waals surface area (Å²) in [5, 5.41) is 4.22. The zero-order chi connectivity index (χ0) is 15.9.